The van der Waals surface area contributed by atoms with Crippen LogP contribution < -0.4 is 16.0 Å². The molecular formula is C13H17N3O. The van der Waals surface area contributed by atoms with Gasteiger partial charge in [-0.25, -0.2) is 4.79 Å². The molecular weight excluding hydrogens is 214 g/mol. The number of urea groups is 1. The van der Waals surface area contributed by atoms with E-state index in [1.165, 1.54) is 12.8 Å². The zero-order chi connectivity index (χ0) is 11.9. The van der Waals surface area contributed by atoms with Gasteiger partial charge in [0.2, 0.25) is 0 Å². The van der Waals surface area contributed by atoms with Crippen LogP contribution in [-0.2, 0) is 0 Å². The highest BCUT2D eigenvalue weighted by atomic mass is 16.2. The molecule has 1 spiro atoms. The fourth-order valence-corrected chi connectivity index (χ4v) is 2.97. The van der Waals surface area contributed by atoms with E-state index in [1.54, 1.807) is 4.90 Å². The van der Waals surface area contributed by atoms with Crippen molar-refractivity contribution >= 4 is 17.4 Å². The molecule has 4 heteroatoms. The summed E-state index contributed by atoms with van der Waals surface area (Å²) in [6.07, 6.45) is 4.58. The highest BCUT2D eigenvalue weighted by Crippen LogP contribution is 2.37. The van der Waals surface area contributed by atoms with Crippen LogP contribution in [0.1, 0.15) is 25.7 Å². The Morgan fingerprint density at radius 2 is 1.94 bits per heavy atom. The summed E-state index contributed by atoms with van der Waals surface area (Å²) in [4.78, 5) is 13.8. The first-order valence-electron chi connectivity index (χ1n) is 6.14. The highest BCUT2D eigenvalue weighted by molar-refractivity contribution is 5.98. The van der Waals surface area contributed by atoms with Gasteiger partial charge in [-0.3, -0.25) is 4.90 Å². The van der Waals surface area contributed by atoms with Crippen molar-refractivity contribution in [2.75, 3.05) is 17.2 Å². The van der Waals surface area contributed by atoms with Gasteiger partial charge in [0.25, 0.3) is 0 Å². The van der Waals surface area contributed by atoms with Crippen LogP contribution in [0.3, 0.4) is 0 Å². The van der Waals surface area contributed by atoms with Gasteiger partial charge in [-0.2, -0.15) is 0 Å². The van der Waals surface area contributed by atoms with Crippen molar-refractivity contribution < 1.29 is 4.79 Å². The summed E-state index contributed by atoms with van der Waals surface area (Å²) in [5.41, 5.74) is 7.42. The molecule has 1 aliphatic heterocycles. The number of nitrogens with zero attached hydrogens (tertiary/aromatic N) is 1. The Balaban J connectivity index is 1.90. The first-order valence-corrected chi connectivity index (χ1v) is 6.14. The molecule has 2 fully saturated rings. The van der Waals surface area contributed by atoms with E-state index < -0.39 is 0 Å². The average molecular weight is 231 g/mol. The minimum Gasteiger partial charge on any atom is -0.397 e. The Morgan fingerprint density at radius 3 is 2.65 bits per heavy atom. The van der Waals surface area contributed by atoms with Crippen molar-refractivity contribution in [3.05, 3.63) is 24.3 Å². The zero-order valence-corrected chi connectivity index (χ0v) is 9.78. The van der Waals surface area contributed by atoms with Crippen LogP contribution in [0.15, 0.2) is 24.3 Å². The molecule has 2 amide bonds. The summed E-state index contributed by atoms with van der Waals surface area (Å²) in [6.45, 7) is 0.750. The normalized spacial score (nSPS) is 22.1. The third-order valence-corrected chi connectivity index (χ3v) is 3.87. The Bertz CT molecular complexity index is 452. The largest absolute Gasteiger partial charge is 0.397 e. The van der Waals surface area contributed by atoms with E-state index in [1.807, 2.05) is 24.3 Å². The Kier molecular flexibility index (Phi) is 2.24. The van der Waals surface area contributed by atoms with Crippen LogP contribution >= 0.6 is 0 Å². The van der Waals surface area contributed by atoms with Crippen molar-refractivity contribution in [2.45, 2.75) is 31.2 Å². The fraction of sp³-hybridized carbons (Fsp3) is 0.462. The Hall–Kier alpha value is -1.71. The maximum Gasteiger partial charge on any atom is 0.322 e. The van der Waals surface area contributed by atoms with Gasteiger partial charge in [0, 0.05) is 0 Å². The molecule has 2 aliphatic rings. The highest BCUT2D eigenvalue weighted by Gasteiger charge is 2.44. The van der Waals surface area contributed by atoms with Crippen molar-refractivity contribution in [2.24, 2.45) is 0 Å². The van der Waals surface area contributed by atoms with E-state index in [0.717, 1.165) is 25.1 Å². The van der Waals surface area contributed by atoms with Gasteiger partial charge in [0.15, 0.2) is 0 Å². The molecule has 1 aromatic carbocycles. The number of nitrogen functional groups attached to an aromatic ring is 1. The number of benzene rings is 1. The maximum absolute atomic E-state index is 12.0. The van der Waals surface area contributed by atoms with Gasteiger partial charge in [-0.05, 0) is 25.0 Å². The minimum absolute atomic E-state index is 0.000630. The van der Waals surface area contributed by atoms with Crippen molar-refractivity contribution in [3.63, 3.8) is 0 Å². The summed E-state index contributed by atoms with van der Waals surface area (Å²) in [5, 5.41) is 3.14. The maximum atomic E-state index is 12.0. The molecule has 1 saturated carbocycles. The van der Waals surface area contributed by atoms with Crippen LogP contribution in [0.5, 0.6) is 0 Å². The summed E-state index contributed by atoms with van der Waals surface area (Å²) < 4.78 is 0. The van der Waals surface area contributed by atoms with Gasteiger partial charge in [-0.1, -0.05) is 25.0 Å². The molecule has 1 aliphatic carbocycles. The molecule has 90 valence electrons. The fourth-order valence-electron chi connectivity index (χ4n) is 2.97. The van der Waals surface area contributed by atoms with E-state index in [9.17, 15) is 4.79 Å². The van der Waals surface area contributed by atoms with E-state index in [-0.39, 0.29) is 11.6 Å². The van der Waals surface area contributed by atoms with E-state index in [0.29, 0.717) is 5.69 Å². The summed E-state index contributed by atoms with van der Waals surface area (Å²) in [5.74, 6) is 0. The van der Waals surface area contributed by atoms with E-state index in [4.69, 9.17) is 5.73 Å². The lowest BCUT2D eigenvalue weighted by Gasteiger charge is -2.22. The number of hydrogen-bond donors (Lipinski definition) is 2. The first kappa shape index (κ1) is 10.4. The molecule has 0 bridgehead atoms. The minimum atomic E-state index is -0.00944. The number of anilines is 2. The van der Waals surface area contributed by atoms with Gasteiger partial charge >= 0.3 is 6.03 Å². The number of nitrogens with one attached hydrogen (secondary N) is 1. The van der Waals surface area contributed by atoms with Gasteiger partial charge < -0.3 is 11.1 Å². The van der Waals surface area contributed by atoms with Crippen LogP contribution in [0, 0.1) is 0 Å². The van der Waals surface area contributed by atoms with Crippen LogP contribution in [-0.4, -0.2) is 18.1 Å². The lowest BCUT2D eigenvalue weighted by atomic mass is 9.99. The lowest BCUT2D eigenvalue weighted by molar-refractivity contribution is 0.247. The Labute approximate surface area is 101 Å². The van der Waals surface area contributed by atoms with Gasteiger partial charge in [-0.15, -0.1) is 0 Å². The molecule has 1 aromatic rings. The molecule has 4 nitrogen and oxygen atoms in total. The summed E-state index contributed by atoms with van der Waals surface area (Å²) in [7, 11) is 0. The molecule has 3 N–H and O–H groups in total. The van der Waals surface area contributed by atoms with Crippen LogP contribution in [0.25, 0.3) is 0 Å². The molecule has 17 heavy (non-hydrogen) atoms. The van der Waals surface area contributed by atoms with Crippen molar-refractivity contribution in [3.8, 4) is 0 Å². The standard InChI is InChI=1S/C13H17N3O/c14-10-5-1-2-6-11(10)16-9-13(15-12(16)17)7-3-4-8-13/h1-2,5-6H,3-4,7-9,14H2,(H,15,17). The quantitative estimate of drug-likeness (QED) is 0.727. The van der Waals surface area contributed by atoms with Gasteiger partial charge in [0.05, 0.1) is 23.5 Å². The molecule has 1 heterocycles. The smallest absolute Gasteiger partial charge is 0.322 e. The molecule has 0 aromatic heterocycles. The second-order valence-electron chi connectivity index (χ2n) is 5.06. The number of carbonyl (C=O) groups excluding carboxylic acids is 1. The molecule has 1 saturated heterocycles. The first-order chi connectivity index (χ1) is 8.20. The predicted molar refractivity (Wildman–Crippen MR) is 67.9 cm³/mol. The number of carbonyl (C=O) groups is 1. The van der Waals surface area contributed by atoms with Crippen LogP contribution in [0.2, 0.25) is 0 Å². The third kappa shape index (κ3) is 1.64. The SMILES string of the molecule is Nc1ccccc1N1CC2(CCCC2)NC1=O. The van der Waals surface area contributed by atoms with Crippen LogP contribution in [0.4, 0.5) is 16.2 Å². The van der Waals surface area contributed by atoms with Crippen molar-refractivity contribution in [1.82, 2.24) is 5.32 Å². The molecule has 3 rings (SSSR count). The monoisotopic (exact) mass is 231 g/mol. The predicted octanol–water partition coefficient (Wildman–Crippen LogP) is 2.11. The second-order valence-corrected chi connectivity index (χ2v) is 5.06. The number of para-hydroxylation sites is 2. The molecule has 0 unspecified atom stereocenters. The summed E-state index contributed by atoms with van der Waals surface area (Å²) in [6, 6.07) is 7.53. The van der Waals surface area contributed by atoms with E-state index in [2.05, 4.69) is 5.32 Å². The Morgan fingerprint density at radius 1 is 1.24 bits per heavy atom. The van der Waals surface area contributed by atoms with E-state index >= 15 is 0 Å². The average Bonchev–Trinajstić information content (AvgIpc) is 2.88. The number of nitrogens with two attached hydrogens (primary N) is 1. The van der Waals surface area contributed by atoms with Gasteiger partial charge in [0.1, 0.15) is 0 Å². The third-order valence-electron chi connectivity index (χ3n) is 3.87. The lowest BCUT2D eigenvalue weighted by Crippen LogP contribution is -2.40. The topological polar surface area (TPSA) is 58.4 Å². The van der Waals surface area contributed by atoms with Crippen molar-refractivity contribution in [1.29, 1.82) is 0 Å². The molecule has 0 radical (unpaired) electrons. The number of rotatable bonds is 1. The second kappa shape index (κ2) is 3.65. The summed E-state index contributed by atoms with van der Waals surface area (Å²) >= 11 is 0. The zero-order valence-electron chi connectivity index (χ0n) is 9.78. The number of amides is 2. The molecule has 0 atom stereocenters. The number of hydrogen-bond acceptors (Lipinski definition) is 2.